The van der Waals surface area contributed by atoms with Crippen molar-refractivity contribution in [2.24, 2.45) is 5.92 Å². The zero-order valence-electron chi connectivity index (χ0n) is 19.0. The van der Waals surface area contributed by atoms with Crippen LogP contribution >= 0.6 is 0 Å². The quantitative estimate of drug-likeness (QED) is 0.675. The second-order valence-corrected chi connectivity index (χ2v) is 8.32. The van der Waals surface area contributed by atoms with Crippen molar-refractivity contribution in [3.63, 3.8) is 0 Å². The molecule has 162 valence electrons. The Balaban J connectivity index is 2.18. The Morgan fingerprint density at radius 2 is 1.70 bits per heavy atom. The highest BCUT2D eigenvalue weighted by Gasteiger charge is 2.27. The van der Waals surface area contributed by atoms with E-state index in [9.17, 15) is 9.59 Å². The molecule has 1 atom stereocenters. The summed E-state index contributed by atoms with van der Waals surface area (Å²) in [6.07, 6.45) is 0. The monoisotopic (exact) mass is 410 g/mol. The van der Waals surface area contributed by atoms with Crippen LogP contribution in [0.3, 0.4) is 0 Å². The normalized spacial score (nSPS) is 11.8. The molecule has 2 aromatic rings. The molecule has 2 rings (SSSR count). The highest BCUT2D eigenvalue weighted by atomic mass is 16.5. The number of carbonyl (C=O) groups is 2. The van der Waals surface area contributed by atoms with Crippen molar-refractivity contribution < 1.29 is 14.3 Å². The lowest BCUT2D eigenvalue weighted by Crippen LogP contribution is -2.49. The van der Waals surface area contributed by atoms with Crippen LogP contribution in [-0.2, 0) is 16.1 Å². The molecule has 1 N–H and O–H groups in total. The van der Waals surface area contributed by atoms with E-state index in [-0.39, 0.29) is 18.4 Å². The number of ether oxygens (including phenoxy) is 1. The van der Waals surface area contributed by atoms with Gasteiger partial charge in [0, 0.05) is 13.1 Å². The average Bonchev–Trinajstić information content (AvgIpc) is 2.71. The molecule has 0 spiro atoms. The second-order valence-electron chi connectivity index (χ2n) is 8.32. The lowest BCUT2D eigenvalue weighted by Gasteiger charge is -2.29. The molecular formula is C25H34N2O3. The van der Waals surface area contributed by atoms with Gasteiger partial charge in [-0.15, -0.1) is 0 Å². The fourth-order valence-corrected chi connectivity index (χ4v) is 3.09. The van der Waals surface area contributed by atoms with Crippen LogP contribution in [0.5, 0.6) is 5.75 Å². The first-order valence-corrected chi connectivity index (χ1v) is 10.5. The van der Waals surface area contributed by atoms with Gasteiger partial charge in [-0.1, -0.05) is 50.2 Å². The molecule has 0 unspecified atom stereocenters. The summed E-state index contributed by atoms with van der Waals surface area (Å²) >= 11 is 0. The van der Waals surface area contributed by atoms with Crippen LogP contribution in [0.15, 0.2) is 42.5 Å². The van der Waals surface area contributed by atoms with Gasteiger partial charge in [-0.05, 0) is 61.9 Å². The molecule has 2 aromatic carbocycles. The van der Waals surface area contributed by atoms with Crippen LogP contribution in [0, 0.1) is 26.7 Å². The maximum atomic E-state index is 13.1. The van der Waals surface area contributed by atoms with E-state index in [0.29, 0.717) is 24.8 Å². The van der Waals surface area contributed by atoms with E-state index < -0.39 is 6.04 Å². The van der Waals surface area contributed by atoms with Gasteiger partial charge in [0.2, 0.25) is 5.91 Å². The van der Waals surface area contributed by atoms with Gasteiger partial charge in [0.1, 0.15) is 11.8 Å². The number of hydrogen-bond acceptors (Lipinski definition) is 3. The molecule has 0 aliphatic heterocycles. The number of aryl methyl sites for hydroxylation is 3. The number of nitrogens with zero attached hydrogens (tertiary/aromatic N) is 1. The van der Waals surface area contributed by atoms with Gasteiger partial charge < -0.3 is 15.0 Å². The maximum Gasteiger partial charge on any atom is 0.261 e. The summed E-state index contributed by atoms with van der Waals surface area (Å²) in [4.78, 5) is 27.4. The number of carbonyl (C=O) groups excluding carboxylic acids is 2. The van der Waals surface area contributed by atoms with Crippen LogP contribution in [-0.4, -0.2) is 35.9 Å². The smallest absolute Gasteiger partial charge is 0.261 e. The fraction of sp³-hybridized carbons (Fsp3) is 0.440. The Hall–Kier alpha value is -2.82. The van der Waals surface area contributed by atoms with Crippen LogP contribution in [0.2, 0.25) is 0 Å². The van der Waals surface area contributed by atoms with E-state index in [2.05, 4.69) is 5.32 Å². The lowest BCUT2D eigenvalue weighted by molar-refractivity contribution is -0.142. The van der Waals surface area contributed by atoms with Crippen LogP contribution in [0.25, 0.3) is 0 Å². The summed E-state index contributed by atoms with van der Waals surface area (Å²) in [6.45, 7) is 12.6. The number of nitrogens with one attached hydrogen (secondary N) is 1. The predicted molar refractivity (Wildman–Crippen MR) is 120 cm³/mol. The zero-order valence-corrected chi connectivity index (χ0v) is 19.0. The summed E-state index contributed by atoms with van der Waals surface area (Å²) in [7, 11) is 0. The molecule has 0 aliphatic rings. The number of benzene rings is 2. The van der Waals surface area contributed by atoms with Gasteiger partial charge >= 0.3 is 0 Å². The Morgan fingerprint density at radius 1 is 1.00 bits per heavy atom. The Kier molecular flexibility index (Phi) is 8.46. The molecule has 0 saturated heterocycles. The summed E-state index contributed by atoms with van der Waals surface area (Å²) < 4.78 is 5.83. The SMILES string of the molecule is Cc1ccc(C)c(OCC(=O)N(Cc2ccccc2C)[C@H](C)C(=O)NCC(C)C)c1. The number of rotatable bonds is 9. The average molecular weight is 411 g/mol. The van der Waals surface area contributed by atoms with Gasteiger partial charge in [-0.25, -0.2) is 0 Å². The van der Waals surface area contributed by atoms with E-state index in [4.69, 9.17) is 4.74 Å². The largest absolute Gasteiger partial charge is 0.483 e. The van der Waals surface area contributed by atoms with Crippen molar-refractivity contribution in [2.75, 3.05) is 13.2 Å². The molecule has 30 heavy (non-hydrogen) atoms. The first kappa shape index (κ1) is 23.5. The van der Waals surface area contributed by atoms with Gasteiger partial charge in [0.05, 0.1) is 0 Å². The van der Waals surface area contributed by atoms with Crippen molar-refractivity contribution in [1.29, 1.82) is 0 Å². The van der Waals surface area contributed by atoms with E-state index in [1.165, 1.54) is 0 Å². The third kappa shape index (κ3) is 6.61. The fourth-order valence-electron chi connectivity index (χ4n) is 3.09. The molecule has 0 saturated carbocycles. The third-order valence-electron chi connectivity index (χ3n) is 5.15. The standard InChI is InChI=1S/C25H34N2O3/c1-17(2)14-26-25(29)21(6)27(15-22-10-8-7-9-19(22)4)24(28)16-30-23-13-18(3)11-12-20(23)5/h7-13,17,21H,14-16H2,1-6H3,(H,26,29)/t21-/m1/s1. The molecule has 5 heteroatoms. The summed E-state index contributed by atoms with van der Waals surface area (Å²) in [5.41, 5.74) is 4.14. The van der Waals surface area contributed by atoms with E-state index in [1.54, 1.807) is 11.8 Å². The minimum atomic E-state index is -0.599. The number of amides is 2. The second kappa shape index (κ2) is 10.8. The summed E-state index contributed by atoms with van der Waals surface area (Å²) in [6, 6.07) is 13.2. The van der Waals surface area contributed by atoms with Crippen molar-refractivity contribution in [2.45, 2.75) is 54.1 Å². The predicted octanol–water partition coefficient (Wildman–Crippen LogP) is 4.18. The Labute approximate surface area is 180 Å². The molecule has 2 amide bonds. The lowest BCUT2D eigenvalue weighted by atomic mass is 10.1. The van der Waals surface area contributed by atoms with E-state index in [1.807, 2.05) is 77.1 Å². The van der Waals surface area contributed by atoms with Crippen molar-refractivity contribution in [1.82, 2.24) is 10.2 Å². The molecule has 0 radical (unpaired) electrons. The van der Waals surface area contributed by atoms with E-state index >= 15 is 0 Å². The van der Waals surface area contributed by atoms with Crippen molar-refractivity contribution >= 4 is 11.8 Å². The van der Waals surface area contributed by atoms with Crippen LogP contribution in [0.1, 0.15) is 43.0 Å². The zero-order chi connectivity index (χ0) is 22.3. The van der Waals surface area contributed by atoms with Gasteiger partial charge in [0.25, 0.3) is 5.91 Å². The van der Waals surface area contributed by atoms with Gasteiger partial charge in [-0.2, -0.15) is 0 Å². The minimum absolute atomic E-state index is 0.113. The highest BCUT2D eigenvalue weighted by molar-refractivity contribution is 5.88. The Bertz CT molecular complexity index is 876. The van der Waals surface area contributed by atoms with Crippen molar-refractivity contribution in [3.8, 4) is 5.75 Å². The molecule has 0 aliphatic carbocycles. The third-order valence-corrected chi connectivity index (χ3v) is 5.15. The van der Waals surface area contributed by atoms with Gasteiger partial charge in [0.15, 0.2) is 6.61 Å². The molecule has 0 aromatic heterocycles. The first-order chi connectivity index (χ1) is 14.2. The maximum absolute atomic E-state index is 13.1. The first-order valence-electron chi connectivity index (χ1n) is 10.5. The van der Waals surface area contributed by atoms with Gasteiger partial charge in [-0.3, -0.25) is 9.59 Å². The Morgan fingerprint density at radius 3 is 2.37 bits per heavy atom. The summed E-state index contributed by atoms with van der Waals surface area (Å²) in [5, 5.41) is 2.93. The molecular weight excluding hydrogens is 376 g/mol. The number of hydrogen-bond donors (Lipinski definition) is 1. The van der Waals surface area contributed by atoms with Crippen LogP contribution < -0.4 is 10.1 Å². The molecule has 0 fully saturated rings. The molecule has 5 nitrogen and oxygen atoms in total. The van der Waals surface area contributed by atoms with Crippen LogP contribution in [0.4, 0.5) is 0 Å². The highest BCUT2D eigenvalue weighted by Crippen LogP contribution is 2.20. The minimum Gasteiger partial charge on any atom is -0.483 e. The molecule has 0 bridgehead atoms. The topological polar surface area (TPSA) is 58.6 Å². The van der Waals surface area contributed by atoms with E-state index in [0.717, 1.165) is 22.3 Å². The summed E-state index contributed by atoms with van der Waals surface area (Å²) in [5.74, 6) is 0.661. The van der Waals surface area contributed by atoms with Crippen molar-refractivity contribution in [3.05, 3.63) is 64.7 Å². The molecule has 0 heterocycles.